The number of nitrogens with two attached hydrogens (primary N) is 1. The largest absolute Gasteiger partial charge is 0.481 e. The number of carboxylic acid groups (broad SMARTS) is 1. The first-order valence-corrected chi connectivity index (χ1v) is 6.56. The molecule has 0 bridgehead atoms. The first-order valence-electron chi connectivity index (χ1n) is 6.56. The molecule has 0 aliphatic carbocycles. The molecule has 0 radical (unpaired) electrons. The van der Waals surface area contributed by atoms with E-state index >= 15 is 0 Å². The molecular weight excluding hydrogens is 277 g/mol. The second-order valence-electron chi connectivity index (χ2n) is 5.81. The maximum Gasteiger partial charge on any atom is 0.322 e. The minimum atomic E-state index is -1.54. The van der Waals surface area contributed by atoms with Crippen LogP contribution in [0.3, 0.4) is 0 Å². The maximum atomic E-state index is 13.6. The number of esters is 1. The van der Waals surface area contributed by atoms with E-state index in [0.29, 0.717) is 0 Å². The molecule has 5 nitrogen and oxygen atoms in total. The number of ether oxygens (including phenoxy) is 1. The minimum Gasteiger partial charge on any atom is -0.481 e. The molecule has 0 aliphatic rings. The van der Waals surface area contributed by atoms with Crippen LogP contribution in [0.1, 0.15) is 26.3 Å². The molecule has 0 spiro atoms. The Kier molecular flexibility index (Phi) is 5.43. The predicted octanol–water partition coefficient (Wildman–Crippen LogP) is 1.74. The van der Waals surface area contributed by atoms with Gasteiger partial charge in [-0.25, -0.2) is 4.39 Å². The Morgan fingerprint density at radius 1 is 1.33 bits per heavy atom. The van der Waals surface area contributed by atoms with Crippen LogP contribution >= 0.6 is 0 Å². The molecule has 0 aliphatic heterocycles. The zero-order chi connectivity index (χ0) is 16.2. The number of halogens is 1. The summed E-state index contributed by atoms with van der Waals surface area (Å²) in [6.45, 7) is 4.89. The lowest BCUT2D eigenvalue weighted by atomic mass is 9.94. The van der Waals surface area contributed by atoms with E-state index in [2.05, 4.69) is 0 Å². The fraction of sp³-hybridized carbons (Fsp3) is 0.467. The predicted molar refractivity (Wildman–Crippen MR) is 75.1 cm³/mol. The molecule has 1 aromatic carbocycles. The third-order valence-corrected chi connectivity index (χ3v) is 2.77. The normalized spacial score (nSPS) is 14.3. The van der Waals surface area contributed by atoms with Crippen LogP contribution in [0.15, 0.2) is 24.3 Å². The summed E-state index contributed by atoms with van der Waals surface area (Å²) in [5.41, 5.74) is 5.24. The van der Waals surface area contributed by atoms with Gasteiger partial charge in [0.15, 0.2) is 5.92 Å². The third-order valence-electron chi connectivity index (χ3n) is 2.77. The fourth-order valence-corrected chi connectivity index (χ4v) is 1.86. The van der Waals surface area contributed by atoms with E-state index in [1.807, 2.05) is 0 Å². The van der Waals surface area contributed by atoms with Crippen LogP contribution < -0.4 is 5.73 Å². The fourth-order valence-electron chi connectivity index (χ4n) is 1.86. The van der Waals surface area contributed by atoms with Gasteiger partial charge in [0.25, 0.3) is 0 Å². The average Bonchev–Trinajstić information content (AvgIpc) is 2.29. The summed E-state index contributed by atoms with van der Waals surface area (Å²) in [6, 6.07) is 4.82. The monoisotopic (exact) mass is 297 g/mol. The first-order chi connectivity index (χ1) is 9.61. The summed E-state index contributed by atoms with van der Waals surface area (Å²) in [5, 5.41) is 9.18. The van der Waals surface area contributed by atoms with Crippen LogP contribution in [0.25, 0.3) is 0 Å². The molecule has 0 heterocycles. The Labute approximate surface area is 122 Å². The third kappa shape index (κ3) is 5.15. The molecule has 0 aromatic heterocycles. The van der Waals surface area contributed by atoms with Crippen molar-refractivity contribution in [1.29, 1.82) is 0 Å². The summed E-state index contributed by atoms with van der Waals surface area (Å²) in [5.74, 6) is -4.32. The van der Waals surface area contributed by atoms with Crippen LogP contribution in [-0.4, -0.2) is 28.7 Å². The minimum absolute atomic E-state index is 0.0666. The zero-order valence-corrected chi connectivity index (χ0v) is 12.3. The SMILES string of the molecule is CC(C)(C)OC(=O)[C@@H](C(=O)O)[C@@H](N)Cc1ccccc1F. The molecule has 21 heavy (non-hydrogen) atoms. The number of hydrogen-bond donors (Lipinski definition) is 2. The van der Waals surface area contributed by atoms with Gasteiger partial charge in [-0.2, -0.15) is 0 Å². The molecule has 0 amide bonds. The van der Waals surface area contributed by atoms with Gasteiger partial charge in [-0.15, -0.1) is 0 Å². The van der Waals surface area contributed by atoms with E-state index in [9.17, 15) is 19.1 Å². The van der Waals surface area contributed by atoms with Gasteiger partial charge in [0, 0.05) is 6.04 Å². The van der Waals surface area contributed by atoms with E-state index in [-0.39, 0.29) is 12.0 Å². The zero-order valence-electron chi connectivity index (χ0n) is 12.3. The van der Waals surface area contributed by atoms with Gasteiger partial charge in [-0.1, -0.05) is 18.2 Å². The van der Waals surface area contributed by atoms with Gasteiger partial charge in [0.2, 0.25) is 0 Å². The van der Waals surface area contributed by atoms with Crippen molar-refractivity contribution in [2.24, 2.45) is 11.7 Å². The quantitative estimate of drug-likeness (QED) is 0.638. The van der Waals surface area contributed by atoms with Gasteiger partial charge < -0.3 is 15.6 Å². The van der Waals surface area contributed by atoms with E-state index < -0.39 is 35.3 Å². The Morgan fingerprint density at radius 3 is 2.38 bits per heavy atom. The molecule has 2 atom stereocenters. The van der Waals surface area contributed by atoms with E-state index in [1.54, 1.807) is 26.8 Å². The first kappa shape index (κ1) is 17.1. The molecule has 0 saturated carbocycles. The highest BCUT2D eigenvalue weighted by molar-refractivity contribution is 5.95. The topological polar surface area (TPSA) is 89.6 Å². The number of carbonyl (C=O) groups excluding carboxylic acids is 1. The summed E-state index contributed by atoms with van der Waals surface area (Å²) < 4.78 is 18.6. The molecule has 1 rings (SSSR count). The Hall–Kier alpha value is -1.95. The lowest BCUT2D eigenvalue weighted by Gasteiger charge is -2.25. The van der Waals surface area contributed by atoms with Gasteiger partial charge in [-0.05, 0) is 38.8 Å². The highest BCUT2D eigenvalue weighted by atomic mass is 19.1. The van der Waals surface area contributed by atoms with E-state index in [4.69, 9.17) is 10.5 Å². The van der Waals surface area contributed by atoms with Crippen LogP contribution in [0, 0.1) is 11.7 Å². The summed E-state index contributed by atoms with van der Waals surface area (Å²) in [6.07, 6.45) is -0.0666. The van der Waals surface area contributed by atoms with Gasteiger partial charge in [0.1, 0.15) is 11.4 Å². The maximum absolute atomic E-state index is 13.6. The smallest absolute Gasteiger partial charge is 0.322 e. The van der Waals surface area contributed by atoms with Gasteiger partial charge >= 0.3 is 11.9 Å². The standard InChI is InChI=1S/C15H20FNO4/c1-15(2,3)21-14(20)12(13(18)19)11(17)8-9-6-4-5-7-10(9)16/h4-7,11-12H,8,17H2,1-3H3,(H,18,19)/t11-,12+/m0/s1. The highest BCUT2D eigenvalue weighted by Crippen LogP contribution is 2.17. The second kappa shape index (κ2) is 6.67. The Balaban J connectivity index is 2.88. The molecule has 116 valence electrons. The van der Waals surface area contributed by atoms with Crippen molar-refractivity contribution in [3.8, 4) is 0 Å². The van der Waals surface area contributed by atoms with Crippen molar-refractivity contribution in [3.05, 3.63) is 35.6 Å². The number of carboxylic acids is 1. The van der Waals surface area contributed by atoms with Crippen molar-refractivity contribution in [2.45, 2.75) is 38.8 Å². The van der Waals surface area contributed by atoms with Crippen molar-refractivity contribution in [1.82, 2.24) is 0 Å². The number of rotatable bonds is 5. The molecular formula is C15H20FNO4. The van der Waals surface area contributed by atoms with Gasteiger partial charge in [-0.3, -0.25) is 9.59 Å². The molecule has 6 heteroatoms. The van der Waals surface area contributed by atoms with Crippen LogP contribution in [0.2, 0.25) is 0 Å². The van der Waals surface area contributed by atoms with Crippen molar-refractivity contribution in [3.63, 3.8) is 0 Å². The lowest BCUT2D eigenvalue weighted by molar-refractivity contribution is -0.167. The van der Waals surface area contributed by atoms with Gasteiger partial charge in [0.05, 0.1) is 0 Å². The van der Waals surface area contributed by atoms with E-state index in [1.165, 1.54) is 18.2 Å². The van der Waals surface area contributed by atoms with E-state index in [0.717, 1.165) is 0 Å². The molecule has 0 unspecified atom stereocenters. The van der Waals surface area contributed by atoms with Crippen molar-refractivity contribution < 1.29 is 23.8 Å². The molecule has 0 saturated heterocycles. The molecule has 3 N–H and O–H groups in total. The highest BCUT2D eigenvalue weighted by Gasteiger charge is 2.36. The van der Waals surface area contributed by atoms with Crippen LogP contribution in [0.5, 0.6) is 0 Å². The average molecular weight is 297 g/mol. The summed E-state index contributed by atoms with van der Waals surface area (Å²) >= 11 is 0. The Morgan fingerprint density at radius 2 is 1.90 bits per heavy atom. The molecule has 0 fully saturated rings. The van der Waals surface area contributed by atoms with Crippen LogP contribution in [-0.2, 0) is 20.7 Å². The summed E-state index contributed by atoms with van der Waals surface area (Å²) in [7, 11) is 0. The number of carbonyl (C=O) groups is 2. The second-order valence-corrected chi connectivity index (χ2v) is 5.81. The molecule has 1 aromatic rings. The number of benzene rings is 1. The van der Waals surface area contributed by atoms with Crippen molar-refractivity contribution in [2.75, 3.05) is 0 Å². The van der Waals surface area contributed by atoms with Crippen molar-refractivity contribution >= 4 is 11.9 Å². The Bertz CT molecular complexity index is 525. The number of hydrogen-bond acceptors (Lipinski definition) is 4. The van der Waals surface area contributed by atoms with Crippen LogP contribution in [0.4, 0.5) is 4.39 Å². The number of aliphatic carboxylic acids is 1. The summed E-state index contributed by atoms with van der Waals surface area (Å²) in [4.78, 5) is 23.2. The lowest BCUT2D eigenvalue weighted by Crippen LogP contribution is -2.45.